The van der Waals surface area contributed by atoms with E-state index in [4.69, 9.17) is 11.0 Å². The molecular formula is C11H7BrN4OS. The summed E-state index contributed by atoms with van der Waals surface area (Å²) in [7, 11) is 0. The van der Waals surface area contributed by atoms with E-state index in [2.05, 4.69) is 32.0 Å². The first kappa shape index (κ1) is 12.7. The summed E-state index contributed by atoms with van der Waals surface area (Å²) in [5.41, 5.74) is 5.68. The number of benzene rings is 1. The second-order valence-electron chi connectivity index (χ2n) is 3.33. The number of nitriles is 1. The van der Waals surface area contributed by atoms with E-state index in [1.807, 2.05) is 0 Å². The number of H-pyrrole nitrogens is 1. The maximum absolute atomic E-state index is 11.3. The van der Waals surface area contributed by atoms with Crippen LogP contribution in [-0.2, 0) is 0 Å². The third-order valence-electron chi connectivity index (χ3n) is 2.01. The van der Waals surface area contributed by atoms with Crippen molar-refractivity contribution in [3.8, 4) is 6.07 Å². The van der Waals surface area contributed by atoms with Crippen LogP contribution < -0.4 is 11.3 Å². The molecular weight excluding hydrogens is 316 g/mol. The first-order valence-electron chi connectivity index (χ1n) is 4.83. The van der Waals surface area contributed by atoms with Crippen LogP contribution >= 0.6 is 27.7 Å². The monoisotopic (exact) mass is 322 g/mol. The van der Waals surface area contributed by atoms with E-state index in [9.17, 15) is 4.79 Å². The van der Waals surface area contributed by atoms with E-state index >= 15 is 0 Å². The van der Waals surface area contributed by atoms with Crippen LogP contribution in [0.5, 0.6) is 0 Å². The molecule has 0 spiro atoms. The van der Waals surface area contributed by atoms with Crippen LogP contribution in [0.1, 0.15) is 5.56 Å². The number of hydrogen-bond donors (Lipinski definition) is 2. The number of nitrogens with one attached hydrogen (secondary N) is 1. The second kappa shape index (κ2) is 5.25. The Kier molecular flexibility index (Phi) is 3.69. The van der Waals surface area contributed by atoms with Gasteiger partial charge in [0.05, 0.1) is 5.56 Å². The molecule has 3 N–H and O–H groups in total. The zero-order valence-electron chi connectivity index (χ0n) is 8.98. The third kappa shape index (κ3) is 2.91. The summed E-state index contributed by atoms with van der Waals surface area (Å²) >= 11 is 4.51. The van der Waals surface area contributed by atoms with Crippen LogP contribution in [0.3, 0.4) is 0 Å². The summed E-state index contributed by atoms with van der Waals surface area (Å²) in [4.78, 5) is 18.5. The van der Waals surface area contributed by atoms with Crippen molar-refractivity contribution >= 4 is 33.5 Å². The quantitative estimate of drug-likeness (QED) is 0.826. The van der Waals surface area contributed by atoms with Gasteiger partial charge in [0.25, 0.3) is 5.56 Å². The maximum atomic E-state index is 11.3. The molecule has 7 heteroatoms. The smallest absolute Gasteiger partial charge is 0.253 e. The van der Waals surface area contributed by atoms with Crippen molar-refractivity contribution in [2.75, 3.05) is 5.73 Å². The van der Waals surface area contributed by atoms with E-state index < -0.39 is 0 Å². The van der Waals surface area contributed by atoms with Crippen molar-refractivity contribution in [2.24, 2.45) is 0 Å². The fourth-order valence-corrected chi connectivity index (χ4v) is 2.71. The third-order valence-corrected chi connectivity index (χ3v) is 3.45. The van der Waals surface area contributed by atoms with Gasteiger partial charge in [0.1, 0.15) is 11.9 Å². The molecule has 5 nitrogen and oxygen atoms in total. The summed E-state index contributed by atoms with van der Waals surface area (Å²) < 4.78 is 0.843. The van der Waals surface area contributed by atoms with E-state index in [0.29, 0.717) is 15.6 Å². The predicted octanol–water partition coefficient (Wildman–Crippen LogP) is 2.14. The number of aromatic nitrogens is 2. The Morgan fingerprint density at radius 2 is 2.22 bits per heavy atom. The highest BCUT2D eigenvalue weighted by Gasteiger charge is 2.07. The fraction of sp³-hybridized carbons (Fsp3) is 0. The minimum atomic E-state index is -0.321. The fourth-order valence-electron chi connectivity index (χ4n) is 1.28. The Morgan fingerprint density at radius 1 is 1.44 bits per heavy atom. The van der Waals surface area contributed by atoms with E-state index in [1.54, 1.807) is 18.2 Å². The number of nitrogens with two attached hydrogens (primary N) is 1. The molecule has 0 aliphatic heterocycles. The highest BCUT2D eigenvalue weighted by atomic mass is 79.9. The molecule has 0 amide bonds. The Labute approximate surface area is 115 Å². The Morgan fingerprint density at radius 3 is 2.89 bits per heavy atom. The maximum Gasteiger partial charge on any atom is 0.253 e. The first-order chi connectivity index (χ1) is 8.58. The van der Waals surface area contributed by atoms with Crippen molar-refractivity contribution in [3.05, 3.63) is 44.7 Å². The average molecular weight is 323 g/mol. The Balaban J connectivity index is 2.42. The standard InChI is InChI=1S/C11H7BrN4OS/c12-7-2-1-6(5-13)8(3-7)18-11-15-9(14)4-10(17)16-11/h1-4H,(H3,14,15,16,17). The molecule has 2 rings (SSSR count). The van der Waals surface area contributed by atoms with Gasteiger partial charge in [-0.3, -0.25) is 4.79 Å². The summed E-state index contributed by atoms with van der Waals surface area (Å²) in [6.45, 7) is 0. The van der Waals surface area contributed by atoms with Gasteiger partial charge in [0.15, 0.2) is 5.16 Å². The molecule has 0 saturated heterocycles. The summed E-state index contributed by atoms with van der Waals surface area (Å²) in [5.74, 6) is 0.148. The molecule has 0 unspecified atom stereocenters. The van der Waals surface area contributed by atoms with Crippen LogP contribution in [0.25, 0.3) is 0 Å². The van der Waals surface area contributed by atoms with E-state index in [-0.39, 0.29) is 11.4 Å². The van der Waals surface area contributed by atoms with Gasteiger partial charge in [-0.1, -0.05) is 27.7 Å². The van der Waals surface area contributed by atoms with Gasteiger partial charge in [-0.25, -0.2) is 4.98 Å². The van der Waals surface area contributed by atoms with E-state index in [1.165, 1.54) is 17.8 Å². The van der Waals surface area contributed by atoms with Gasteiger partial charge < -0.3 is 10.7 Å². The minimum Gasteiger partial charge on any atom is -0.383 e. The van der Waals surface area contributed by atoms with Crippen LogP contribution in [0.15, 0.2) is 43.6 Å². The van der Waals surface area contributed by atoms with Gasteiger partial charge in [-0.2, -0.15) is 5.26 Å². The van der Waals surface area contributed by atoms with Crippen molar-refractivity contribution in [1.82, 2.24) is 9.97 Å². The van der Waals surface area contributed by atoms with Crippen molar-refractivity contribution in [1.29, 1.82) is 5.26 Å². The lowest BCUT2D eigenvalue weighted by Crippen LogP contribution is -2.09. The van der Waals surface area contributed by atoms with Gasteiger partial charge in [0.2, 0.25) is 0 Å². The van der Waals surface area contributed by atoms with Gasteiger partial charge in [-0.05, 0) is 18.2 Å². The summed E-state index contributed by atoms with van der Waals surface area (Å²) in [5, 5.41) is 9.36. The number of nitrogens with zero attached hydrogens (tertiary/aromatic N) is 2. The van der Waals surface area contributed by atoms with E-state index in [0.717, 1.165) is 4.47 Å². The molecule has 0 atom stereocenters. The number of anilines is 1. The number of hydrogen-bond acceptors (Lipinski definition) is 5. The molecule has 0 saturated carbocycles. The number of rotatable bonds is 2. The van der Waals surface area contributed by atoms with Crippen LogP contribution in [0.2, 0.25) is 0 Å². The first-order valence-corrected chi connectivity index (χ1v) is 6.44. The Bertz CT molecular complexity index is 692. The highest BCUT2D eigenvalue weighted by molar-refractivity contribution is 9.10. The molecule has 1 aromatic heterocycles. The van der Waals surface area contributed by atoms with Crippen LogP contribution in [0, 0.1) is 11.3 Å². The molecule has 0 aliphatic carbocycles. The van der Waals surface area contributed by atoms with Crippen LogP contribution in [-0.4, -0.2) is 9.97 Å². The molecule has 18 heavy (non-hydrogen) atoms. The average Bonchev–Trinajstić information content (AvgIpc) is 2.27. The van der Waals surface area contributed by atoms with Gasteiger partial charge in [-0.15, -0.1) is 0 Å². The summed E-state index contributed by atoms with van der Waals surface area (Å²) in [6, 6.07) is 8.54. The summed E-state index contributed by atoms with van der Waals surface area (Å²) in [6.07, 6.45) is 0. The normalized spacial score (nSPS) is 10.0. The lowest BCUT2D eigenvalue weighted by Gasteiger charge is -2.04. The van der Waals surface area contributed by atoms with Crippen LogP contribution in [0.4, 0.5) is 5.82 Å². The molecule has 90 valence electrons. The molecule has 1 heterocycles. The zero-order valence-corrected chi connectivity index (χ0v) is 11.4. The molecule has 0 radical (unpaired) electrons. The number of aromatic amines is 1. The SMILES string of the molecule is N#Cc1ccc(Br)cc1Sc1nc(N)cc(=O)[nH]1. The zero-order chi connectivity index (χ0) is 13.1. The highest BCUT2D eigenvalue weighted by Crippen LogP contribution is 2.29. The number of nitrogen functional groups attached to an aromatic ring is 1. The Hall–Kier alpha value is -1.78. The lowest BCUT2D eigenvalue weighted by molar-refractivity contribution is 0.945. The second-order valence-corrected chi connectivity index (χ2v) is 5.28. The molecule has 0 aliphatic rings. The molecule has 2 aromatic rings. The lowest BCUT2D eigenvalue weighted by atomic mass is 10.2. The predicted molar refractivity (Wildman–Crippen MR) is 72.3 cm³/mol. The van der Waals surface area contributed by atoms with Gasteiger partial charge >= 0.3 is 0 Å². The van der Waals surface area contributed by atoms with Gasteiger partial charge in [0, 0.05) is 15.4 Å². The molecule has 0 bridgehead atoms. The van der Waals surface area contributed by atoms with Crippen molar-refractivity contribution in [2.45, 2.75) is 10.1 Å². The largest absolute Gasteiger partial charge is 0.383 e. The number of halogens is 1. The minimum absolute atomic E-state index is 0.148. The molecule has 0 fully saturated rings. The van der Waals surface area contributed by atoms with Crippen molar-refractivity contribution in [3.63, 3.8) is 0 Å². The van der Waals surface area contributed by atoms with Crippen molar-refractivity contribution < 1.29 is 0 Å². The molecule has 1 aromatic carbocycles. The topological polar surface area (TPSA) is 95.6 Å².